The third kappa shape index (κ3) is 1.92. The number of anilines is 1. The Bertz CT molecular complexity index is 533. The second-order valence-corrected chi connectivity index (χ2v) is 3.96. The maximum absolute atomic E-state index is 10.9. The maximum atomic E-state index is 10.9. The number of carboxylic acid groups (broad SMARTS) is 1. The van der Waals surface area contributed by atoms with Gasteiger partial charge in [-0.05, 0) is 12.1 Å². The van der Waals surface area contributed by atoms with E-state index in [-0.39, 0.29) is 17.5 Å². The molecule has 0 amide bonds. The second kappa shape index (κ2) is 3.97. The van der Waals surface area contributed by atoms with Gasteiger partial charge in [-0.1, -0.05) is 28.1 Å². The van der Waals surface area contributed by atoms with Crippen LogP contribution in [0.5, 0.6) is 0 Å². The van der Waals surface area contributed by atoms with Crippen LogP contribution in [0.1, 0.15) is 10.5 Å². The lowest BCUT2D eigenvalue weighted by atomic mass is 10.1. The van der Waals surface area contributed by atoms with Crippen molar-refractivity contribution in [3.05, 3.63) is 34.4 Å². The molecule has 82 valence electrons. The molecule has 2 rings (SSSR count). The summed E-state index contributed by atoms with van der Waals surface area (Å²) in [7, 11) is 0. The number of hydrogen-bond acceptors (Lipinski definition) is 4. The van der Waals surface area contributed by atoms with E-state index < -0.39 is 5.97 Å². The molecular weight excluding hydrogens is 276 g/mol. The third-order valence-electron chi connectivity index (χ3n) is 1.95. The summed E-state index contributed by atoms with van der Waals surface area (Å²) in [6.07, 6.45) is 0. The van der Waals surface area contributed by atoms with Gasteiger partial charge in [-0.2, -0.15) is 4.98 Å². The second-order valence-electron chi connectivity index (χ2n) is 3.04. The van der Waals surface area contributed by atoms with Crippen LogP contribution in [-0.2, 0) is 0 Å². The summed E-state index contributed by atoms with van der Waals surface area (Å²) >= 11 is 3.28. The molecule has 0 atom stereocenters. The molecule has 0 aliphatic carbocycles. The summed E-state index contributed by atoms with van der Waals surface area (Å²) in [5.41, 5.74) is 5.77. The molecule has 0 spiro atoms. The number of halogens is 1. The first kappa shape index (κ1) is 10.7. The summed E-state index contributed by atoms with van der Waals surface area (Å²) in [4.78, 5) is 14.5. The Hall–Kier alpha value is -1.82. The predicted molar refractivity (Wildman–Crippen MR) is 61.0 cm³/mol. The number of nitrogens with two attached hydrogens (primary N) is 1. The number of aromatic nitrogens is 1. The van der Waals surface area contributed by atoms with Gasteiger partial charge in [0.2, 0.25) is 0 Å². The number of carboxylic acids is 1. The minimum absolute atomic E-state index is 0.157. The summed E-state index contributed by atoms with van der Waals surface area (Å²) in [5, 5.41) is 8.91. The Morgan fingerprint density at radius 1 is 1.38 bits per heavy atom. The highest BCUT2D eigenvalue weighted by Crippen LogP contribution is 2.27. The lowest BCUT2D eigenvalue weighted by Crippen LogP contribution is -1.99. The SMILES string of the molecule is Nc1nc(C(=O)O)c(-c2ccc(Br)cc2)o1. The quantitative estimate of drug-likeness (QED) is 0.883. The number of hydrogen-bond donors (Lipinski definition) is 2. The van der Waals surface area contributed by atoms with E-state index in [1.807, 2.05) is 0 Å². The molecule has 3 N–H and O–H groups in total. The zero-order valence-electron chi connectivity index (χ0n) is 7.98. The molecule has 0 saturated heterocycles. The first-order valence-electron chi connectivity index (χ1n) is 4.33. The first-order valence-corrected chi connectivity index (χ1v) is 5.13. The topological polar surface area (TPSA) is 89.3 Å². The van der Waals surface area contributed by atoms with Crippen LogP contribution in [-0.4, -0.2) is 16.1 Å². The lowest BCUT2D eigenvalue weighted by molar-refractivity contribution is 0.0691. The molecule has 0 aliphatic rings. The molecule has 6 heteroatoms. The highest BCUT2D eigenvalue weighted by atomic mass is 79.9. The maximum Gasteiger partial charge on any atom is 0.358 e. The molecule has 0 radical (unpaired) electrons. The zero-order chi connectivity index (χ0) is 11.7. The molecule has 16 heavy (non-hydrogen) atoms. The van der Waals surface area contributed by atoms with Gasteiger partial charge >= 0.3 is 5.97 Å². The van der Waals surface area contributed by atoms with Crippen LogP contribution < -0.4 is 5.73 Å². The molecule has 0 saturated carbocycles. The van der Waals surface area contributed by atoms with E-state index in [0.717, 1.165) is 4.47 Å². The van der Waals surface area contributed by atoms with Crippen LogP contribution in [0.2, 0.25) is 0 Å². The van der Waals surface area contributed by atoms with E-state index in [0.29, 0.717) is 5.56 Å². The fraction of sp³-hybridized carbons (Fsp3) is 0. The summed E-state index contributed by atoms with van der Waals surface area (Å²) in [5.74, 6) is -1.00. The molecule has 1 aromatic heterocycles. The van der Waals surface area contributed by atoms with Crippen LogP contribution >= 0.6 is 15.9 Å². The minimum atomic E-state index is -1.17. The fourth-order valence-electron chi connectivity index (χ4n) is 1.28. The number of nitrogens with zero attached hydrogens (tertiary/aromatic N) is 1. The van der Waals surface area contributed by atoms with E-state index in [9.17, 15) is 4.79 Å². The average Bonchev–Trinajstić information content (AvgIpc) is 2.61. The van der Waals surface area contributed by atoms with Crippen molar-refractivity contribution in [2.75, 3.05) is 5.73 Å². The van der Waals surface area contributed by atoms with Crippen molar-refractivity contribution in [3.8, 4) is 11.3 Å². The van der Waals surface area contributed by atoms with Crippen LogP contribution in [0.3, 0.4) is 0 Å². The Balaban J connectivity index is 2.55. The van der Waals surface area contributed by atoms with Crippen LogP contribution in [0, 0.1) is 0 Å². The van der Waals surface area contributed by atoms with Gasteiger partial charge in [0.1, 0.15) is 0 Å². The van der Waals surface area contributed by atoms with Crippen molar-refractivity contribution in [3.63, 3.8) is 0 Å². The summed E-state index contributed by atoms with van der Waals surface area (Å²) in [6, 6.07) is 6.84. The average molecular weight is 283 g/mol. The minimum Gasteiger partial charge on any atom is -0.476 e. The highest BCUT2D eigenvalue weighted by molar-refractivity contribution is 9.10. The predicted octanol–water partition coefficient (Wildman–Crippen LogP) is 2.38. The molecule has 1 aromatic carbocycles. The van der Waals surface area contributed by atoms with Crippen molar-refractivity contribution in [2.24, 2.45) is 0 Å². The van der Waals surface area contributed by atoms with E-state index in [2.05, 4.69) is 20.9 Å². The van der Waals surface area contributed by atoms with Crippen molar-refractivity contribution in [2.45, 2.75) is 0 Å². The zero-order valence-corrected chi connectivity index (χ0v) is 9.56. The van der Waals surface area contributed by atoms with E-state index in [1.54, 1.807) is 24.3 Å². The van der Waals surface area contributed by atoms with Crippen molar-refractivity contribution in [1.29, 1.82) is 0 Å². The van der Waals surface area contributed by atoms with Gasteiger partial charge in [0.15, 0.2) is 11.5 Å². The molecule has 0 fully saturated rings. The first-order chi connectivity index (χ1) is 7.58. The number of aromatic carboxylic acids is 1. The molecule has 2 aromatic rings. The molecule has 0 unspecified atom stereocenters. The number of oxazole rings is 1. The smallest absolute Gasteiger partial charge is 0.358 e. The van der Waals surface area contributed by atoms with Crippen molar-refractivity contribution >= 4 is 27.9 Å². The van der Waals surface area contributed by atoms with Gasteiger partial charge < -0.3 is 15.3 Å². The molecular formula is C10H7BrN2O3. The van der Waals surface area contributed by atoms with E-state index in [4.69, 9.17) is 15.3 Å². The lowest BCUT2D eigenvalue weighted by Gasteiger charge is -1.97. The van der Waals surface area contributed by atoms with Crippen LogP contribution in [0.25, 0.3) is 11.3 Å². The third-order valence-corrected chi connectivity index (χ3v) is 2.48. The monoisotopic (exact) mass is 282 g/mol. The van der Waals surface area contributed by atoms with Gasteiger partial charge in [-0.25, -0.2) is 4.79 Å². The number of nitrogen functional groups attached to an aromatic ring is 1. The largest absolute Gasteiger partial charge is 0.476 e. The molecule has 5 nitrogen and oxygen atoms in total. The van der Waals surface area contributed by atoms with Crippen LogP contribution in [0.4, 0.5) is 6.01 Å². The Morgan fingerprint density at radius 2 is 2.00 bits per heavy atom. The number of carbonyl (C=O) groups is 1. The highest BCUT2D eigenvalue weighted by Gasteiger charge is 2.19. The van der Waals surface area contributed by atoms with Gasteiger partial charge in [-0.15, -0.1) is 0 Å². The number of rotatable bonds is 2. The van der Waals surface area contributed by atoms with E-state index >= 15 is 0 Å². The Kier molecular flexibility index (Phi) is 2.66. The van der Waals surface area contributed by atoms with Gasteiger partial charge in [0, 0.05) is 10.0 Å². The summed E-state index contributed by atoms with van der Waals surface area (Å²) < 4.78 is 5.96. The molecule has 0 aliphatic heterocycles. The molecule has 0 bridgehead atoms. The Labute approximate surface area is 99.0 Å². The van der Waals surface area contributed by atoms with E-state index in [1.165, 1.54) is 0 Å². The fourth-order valence-corrected chi connectivity index (χ4v) is 1.54. The Morgan fingerprint density at radius 3 is 2.56 bits per heavy atom. The van der Waals surface area contributed by atoms with Gasteiger partial charge in [-0.3, -0.25) is 0 Å². The summed E-state index contributed by atoms with van der Waals surface area (Å²) in [6.45, 7) is 0. The normalized spacial score (nSPS) is 10.3. The number of benzene rings is 1. The van der Waals surface area contributed by atoms with Gasteiger partial charge in [0.25, 0.3) is 6.01 Å². The van der Waals surface area contributed by atoms with Crippen molar-refractivity contribution < 1.29 is 14.3 Å². The van der Waals surface area contributed by atoms with Gasteiger partial charge in [0.05, 0.1) is 0 Å². The van der Waals surface area contributed by atoms with Crippen molar-refractivity contribution in [1.82, 2.24) is 4.98 Å². The standard InChI is InChI=1S/C10H7BrN2O3/c11-6-3-1-5(2-4-6)8-7(9(14)15)13-10(12)16-8/h1-4H,(H2,12,13)(H,14,15). The molecule has 1 heterocycles. The van der Waals surface area contributed by atoms with Crippen LogP contribution in [0.15, 0.2) is 33.2 Å².